The molecule has 2 heterocycles. The van der Waals surface area contributed by atoms with Gasteiger partial charge in [-0.1, -0.05) is 0 Å². The third kappa shape index (κ3) is 6.14. The van der Waals surface area contributed by atoms with Crippen LogP contribution in [0.4, 0.5) is 4.39 Å². The van der Waals surface area contributed by atoms with Gasteiger partial charge < -0.3 is 30.3 Å². The SMILES string of the molecule is COCC(=O)N[C@H]1CCCN(C)C(=O)c2cc(F)ccc2OC[C@@H]2C[C@H](CN2)NC1=O. The third-order valence-corrected chi connectivity index (χ3v) is 5.44. The lowest BCUT2D eigenvalue weighted by Gasteiger charge is -2.23. The standard InChI is InChI=1S/C21H29FN4O5/c1-26-7-3-4-17(25-19(27)12-30-2)20(28)24-14-9-15(23-10-14)11-31-18-6-5-13(22)8-16(18)21(26)29/h5-6,8,14-15,17,23H,3-4,7,9-12H2,1-2H3,(H,24,28)(H,25,27)/t14-,15+,17+/m1/s1. The van der Waals surface area contributed by atoms with E-state index in [2.05, 4.69) is 16.0 Å². The zero-order valence-corrected chi connectivity index (χ0v) is 17.8. The Morgan fingerprint density at radius 2 is 2.16 bits per heavy atom. The van der Waals surface area contributed by atoms with Crippen LogP contribution in [-0.2, 0) is 14.3 Å². The number of fused-ring (bicyclic) bond motifs is 3. The third-order valence-electron chi connectivity index (χ3n) is 5.44. The van der Waals surface area contributed by atoms with E-state index in [9.17, 15) is 18.8 Å². The fourth-order valence-corrected chi connectivity index (χ4v) is 3.82. The smallest absolute Gasteiger partial charge is 0.257 e. The zero-order valence-electron chi connectivity index (χ0n) is 17.8. The van der Waals surface area contributed by atoms with Crippen molar-refractivity contribution in [1.29, 1.82) is 0 Å². The number of hydrogen-bond acceptors (Lipinski definition) is 6. The van der Waals surface area contributed by atoms with Crippen LogP contribution in [-0.4, -0.2) is 81.2 Å². The number of ether oxygens (including phenoxy) is 2. The van der Waals surface area contributed by atoms with Gasteiger partial charge in [0.15, 0.2) is 0 Å². The summed E-state index contributed by atoms with van der Waals surface area (Å²) in [5, 5.41) is 8.96. The number of amides is 3. The Labute approximate surface area is 180 Å². The summed E-state index contributed by atoms with van der Waals surface area (Å²) in [6.45, 7) is 1.02. The molecule has 3 amide bonds. The van der Waals surface area contributed by atoms with Crippen LogP contribution < -0.4 is 20.7 Å². The first-order valence-electron chi connectivity index (χ1n) is 10.4. The molecular weight excluding hydrogens is 407 g/mol. The number of halogens is 1. The molecule has 10 heteroatoms. The van der Waals surface area contributed by atoms with Crippen molar-refractivity contribution >= 4 is 17.7 Å². The number of benzene rings is 1. The Morgan fingerprint density at radius 3 is 2.94 bits per heavy atom. The van der Waals surface area contributed by atoms with Crippen LogP contribution in [0.2, 0.25) is 0 Å². The first-order valence-corrected chi connectivity index (χ1v) is 10.4. The first-order chi connectivity index (χ1) is 14.9. The topological polar surface area (TPSA) is 109 Å². The maximum atomic E-state index is 13.8. The monoisotopic (exact) mass is 436 g/mol. The minimum absolute atomic E-state index is 0.0392. The predicted molar refractivity (Wildman–Crippen MR) is 110 cm³/mol. The lowest BCUT2D eigenvalue weighted by Crippen LogP contribution is -2.51. The Hall–Kier alpha value is -2.72. The minimum atomic E-state index is -0.740. The summed E-state index contributed by atoms with van der Waals surface area (Å²) >= 11 is 0. The van der Waals surface area contributed by atoms with E-state index in [1.165, 1.54) is 30.2 Å². The number of nitrogens with zero attached hydrogens (tertiary/aromatic N) is 1. The van der Waals surface area contributed by atoms with Crippen LogP contribution in [0.5, 0.6) is 5.75 Å². The van der Waals surface area contributed by atoms with Crippen LogP contribution in [0.3, 0.4) is 0 Å². The number of nitrogens with one attached hydrogen (secondary N) is 3. The van der Waals surface area contributed by atoms with Crippen molar-refractivity contribution < 1.29 is 28.2 Å². The van der Waals surface area contributed by atoms with E-state index in [0.29, 0.717) is 38.1 Å². The second kappa shape index (κ2) is 10.5. The highest BCUT2D eigenvalue weighted by atomic mass is 19.1. The van der Waals surface area contributed by atoms with Crippen molar-refractivity contribution in [2.24, 2.45) is 0 Å². The van der Waals surface area contributed by atoms with E-state index in [0.717, 1.165) is 0 Å². The minimum Gasteiger partial charge on any atom is -0.491 e. The number of methoxy groups -OCH3 is 1. The highest BCUT2D eigenvalue weighted by molar-refractivity contribution is 5.96. The highest BCUT2D eigenvalue weighted by Gasteiger charge is 2.30. The highest BCUT2D eigenvalue weighted by Crippen LogP contribution is 2.23. The molecule has 0 saturated carbocycles. The average Bonchev–Trinajstić information content (AvgIpc) is 3.18. The fourth-order valence-electron chi connectivity index (χ4n) is 3.82. The molecule has 0 unspecified atom stereocenters. The molecule has 3 rings (SSSR count). The summed E-state index contributed by atoms with van der Waals surface area (Å²) in [5.41, 5.74) is 0.158. The number of rotatable bonds is 3. The molecule has 2 bridgehead atoms. The summed E-state index contributed by atoms with van der Waals surface area (Å²) < 4.78 is 24.5. The van der Waals surface area contributed by atoms with Gasteiger partial charge in [-0.15, -0.1) is 0 Å². The van der Waals surface area contributed by atoms with Gasteiger partial charge in [0.05, 0.1) is 5.56 Å². The first kappa shape index (κ1) is 23.0. The summed E-state index contributed by atoms with van der Waals surface area (Å²) in [7, 11) is 3.01. The van der Waals surface area contributed by atoms with Crippen molar-refractivity contribution in [3.05, 3.63) is 29.6 Å². The fraction of sp³-hybridized carbons (Fsp3) is 0.571. The van der Waals surface area contributed by atoms with Gasteiger partial charge in [-0.2, -0.15) is 0 Å². The Bertz CT molecular complexity index is 821. The van der Waals surface area contributed by atoms with Gasteiger partial charge >= 0.3 is 0 Å². The largest absolute Gasteiger partial charge is 0.491 e. The molecule has 3 N–H and O–H groups in total. The number of hydrogen-bond donors (Lipinski definition) is 3. The van der Waals surface area contributed by atoms with Gasteiger partial charge in [0.1, 0.15) is 30.8 Å². The van der Waals surface area contributed by atoms with Crippen molar-refractivity contribution in [3.8, 4) is 5.75 Å². The van der Waals surface area contributed by atoms with Crippen LogP contribution in [0, 0.1) is 5.82 Å². The van der Waals surface area contributed by atoms with Crippen molar-refractivity contribution in [3.63, 3.8) is 0 Å². The Balaban J connectivity index is 1.80. The van der Waals surface area contributed by atoms with Crippen molar-refractivity contribution in [2.45, 2.75) is 37.4 Å². The summed E-state index contributed by atoms with van der Waals surface area (Å²) in [5.74, 6) is -1.22. The number of carbonyl (C=O) groups excluding carboxylic acids is 3. The summed E-state index contributed by atoms with van der Waals surface area (Å²) in [4.78, 5) is 39.1. The summed E-state index contributed by atoms with van der Waals surface area (Å²) in [6, 6.07) is 3.02. The second-order valence-corrected chi connectivity index (χ2v) is 7.92. The zero-order chi connectivity index (χ0) is 22.4. The predicted octanol–water partition coefficient (Wildman–Crippen LogP) is 0.0482. The molecule has 0 radical (unpaired) electrons. The number of carbonyl (C=O) groups is 3. The molecule has 9 nitrogen and oxygen atoms in total. The maximum Gasteiger partial charge on any atom is 0.257 e. The Kier molecular flexibility index (Phi) is 7.80. The molecule has 0 spiro atoms. The van der Waals surface area contributed by atoms with Crippen molar-refractivity contribution in [2.75, 3.05) is 40.5 Å². The van der Waals surface area contributed by atoms with Crippen LogP contribution in [0.25, 0.3) is 0 Å². The van der Waals surface area contributed by atoms with Gasteiger partial charge in [-0.05, 0) is 37.5 Å². The molecule has 170 valence electrons. The summed E-state index contributed by atoms with van der Waals surface area (Å²) in [6.07, 6.45) is 1.44. The molecule has 3 atom stereocenters. The molecule has 1 aromatic carbocycles. The van der Waals surface area contributed by atoms with E-state index in [-0.39, 0.29) is 48.6 Å². The van der Waals surface area contributed by atoms with Gasteiger partial charge in [-0.25, -0.2) is 4.39 Å². The molecule has 2 aliphatic rings. The van der Waals surface area contributed by atoms with Gasteiger partial charge in [0, 0.05) is 39.3 Å². The van der Waals surface area contributed by atoms with Crippen LogP contribution in [0.1, 0.15) is 29.6 Å². The average molecular weight is 436 g/mol. The molecular formula is C21H29FN4O5. The quantitative estimate of drug-likeness (QED) is 0.618. The Morgan fingerprint density at radius 1 is 1.35 bits per heavy atom. The molecule has 1 aromatic rings. The van der Waals surface area contributed by atoms with Crippen LogP contribution in [0.15, 0.2) is 18.2 Å². The molecule has 0 aliphatic carbocycles. The molecule has 1 saturated heterocycles. The molecule has 31 heavy (non-hydrogen) atoms. The van der Waals surface area contributed by atoms with E-state index in [1.54, 1.807) is 7.05 Å². The molecule has 2 aliphatic heterocycles. The van der Waals surface area contributed by atoms with Gasteiger partial charge in [-0.3, -0.25) is 14.4 Å². The normalized spacial score (nSPS) is 25.0. The van der Waals surface area contributed by atoms with Gasteiger partial charge in [0.2, 0.25) is 11.8 Å². The van der Waals surface area contributed by atoms with E-state index < -0.39 is 11.9 Å². The lowest BCUT2D eigenvalue weighted by atomic mass is 10.1. The van der Waals surface area contributed by atoms with Crippen molar-refractivity contribution in [1.82, 2.24) is 20.9 Å². The molecule has 1 fully saturated rings. The molecule has 0 aromatic heterocycles. The van der Waals surface area contributed by atoms with Crippen LogP contribution >= 0.6 is 0 Å². The van der Waals surface area contributed by atoms with E-state index >= 15 is 0 Å². The second-order valence-electron chi connectivity index (χ2n) is 7.92. The van der Waals surface area contributed by atoms with E-state index in [1.807, 2.05) is 0 Å². The van der Waals surface area contributed by atoms with Gasteiger partial charge in [0.25, 0.3) is 5.91 Å². The maximum absolute atomic E-state index is 13.8. The lowest BCUT2D eigenvalue weighted by molar-refractivity contribution is -0.131. The van der Waals surface area contributed by atoms with E-state index in [4.69, 9.17) is 9.47 Å².